The van der Waals surface area contributed by atoms with Crippen molar-refractivity contribution in [3.8, 4) is 11.5 Å². The third kappa shape index (κ3) is 3.77. The third-order valence-corrected chi connectivity index (χ3v) is 1.48. The van der Waals surface area contributed by atoms with Crippen LogP contribution < -0.4 is 0 Å². The Hall–Kier alpha value is -1.75. The first-order valence-corrected chi connectivity index (χ1v) is 3.80. The van der Waals surface area contributed by atoms with Crippen LogP contribution in [0.2, 0.25) is 0 Å². The van der Waals surface area contributed by atoms with Gasteiger partial charge in [0.25, 0.3) is 6.47 Å². The molecule has 14 heavy (non-hydrogen) atoms. The third-order valence-electron chi connectivity index (χ3n) is 1.48. The molecule has 0 aliphatic carbocycles. The average molecular weight is 200 g/mol. The van der Waals surface area contributed by atoms with E-state index in [0.29, 0.717) is 5.56 Å². The van der Waals surface area contributed by atoms with Crippen molar-refractivity contribution in [2.75, 3.05) is 0 Å². The van der Waals surface area contributed by atoms with Gasteiger partial charge in [-0.3, -0.25) is 4.79 Å². The van der Waals surface area contributed by atoms with Crippen molar-refractivity contribution in [3.05, 3.63) is 23.8 Å². The van der Waals surface area contributed by atoms with Gasteiger partial charge in [0.2, 0.25) is 0 Å². The minimum absolute atomic E-state index is 0.172. The van der Waals surface area contributed by atoms with Gasteiger partial charge in [0, 0.05) is 0 Å². The Morgan fingerprint density at radius 1 is 1.29 bits per heavy atom. The van der Waals surface area contributed by atoms with Crippen LogP contribution in [0.25, 0.3) is 0 Å². The van der Waals surface area contributed by atoms with Crippen LogP contribution in [-0.2, 0) is 4.79 Å². The summed E-state index contributed by atoms with van der Waals surface area (Å²) >= 11 is 0. The number of benzene rings is 1. The van der Waals surface area contributed by atoms with Crippen molar-refractivity contribution in [2.24, 2.45) is 0 Å². The van der Waals surface area contributed by atoms with E-state index in [1.165, 1.54) is 12.1 Å². The Labute approximate surface area is 80.9 Å². The molecule has 4 N–H and O–H groups in total. The molecular weight excluding hydrogens is 188 g/mol. The highest BCUT2D eigenvalue weighted by Crippen LogP contribution is 2.27. The number of carboxylic acid groups (broad SMARTS) is 1. The van der Waals surface area contributed by atoms with Gasteiger partial charge in [0.1, 0.15) is 0 Å². The number of phenolic OH excluding ortho intramolecular Hbond substituents is 2. The molecule has 0 saturated heterocycles. The molecule has 0 heterocycles. The molecule has 5 nitrogen and oxygen atoms in total. The molecule has 0 saturated carbocycles. The van der Waals surface area contributed by atoms with Crippen molar-refractivity contribution in [1.82, 2.24) is 0 Å². The summed E-state index contributed by atoms with van der Waals surface area (Å²) < 4.78 is 0. The summed E-state index contributed by atoms with van der Waals surface area (Å²) in [5.74, 6) is -0.377. The number of aliphatic hydroxyl groups is 1. The second-order valence-electron chi connectivity index (χ2n) is 2.53. The van der Waals surface area contributed by atoms with E-state index in [1.54, 1.807) is 13.0 Å². The first-order chi connectivity index (χ1) is 6.52. The van der Waals surface area contributed by atoms with Crippen LogP contribution in [-0.4, -0.2) is 26.9 Å². The number of hydrogen-bond donors (Lipinski definition) is 4. The minimum atomic E-state index is -0.624. The molecule has 0 aliphatic heterocycles. The molecule has 1 unspecified atom stereocenters. The first-order valence-electron chi connectivity index (χ1n) is 3.80. The maximum absolute atomic E-state index is 9.05. The maximum atomic E-state index is 9.05. The van der Waals surface area contributed by atoms with E-state index in [-0.39, 0.29) is 18.0 Å². The molecule has 78 valence electrons. The lowest BCUT2D eigenvalue weighted by molar-refractivity contribution is -0.122. The largest absolute Gasteiger partial charge is 0.504 e. The number of aliphatic hydroxyl groups excluding tert-OH is 1. The quantitative estimate of drug-likeness (QED) is 0.398. The lowest BCUT2D eigenvalue weighted by atomic mass is 10.1. The molecule has 1 aromatic rings. The van der Waals surface area contributed by atoms with E-state index in [0.717, 1.165) is 0 Å². The molecule has 0 radical (unpaired) electrons. The maximum Gasteiger partial charge on any atom is 0.290 e. The smallest absolute Gasteiger partial charge is 0.290 e. The monoisotopic (exact) mass is 200 g/mol. The van der Waals surface area contributed by atoms with Crippen molar-refractivity contribution in [3.63, 3.8) is 0 Å². The van der Waals surface area contributed by atoms with E-state index < -0.39 is 6.10 Å². The van der Waals surface area contributed by atoms with E-state index in [1.807, 2.05) is 0 Å². The fourth-order valence-corrected chi connectivity index (χ4v) is 0.800. The fraction of sp³-hybridized carbons (Fsp3) is 0.222. The average Bonchev–Trinajstić information content (AvgIpc) is 2.10. The van der Waals surface area contributed by atoms with Gasteiger partial charge in [-0.2, -0.15) is 0 Å². The van der Waals surface area contributed by atoms with Gasteiger partial charge in [-0.15, -0.1) is 0 Å². The lowest BCUT2D eigenvalue weighted by Gasteiger charge is -2.04. The van der Waals surface area contributed by atoms with E-state index in [2.05, 4.69) is 0 Å². The first kappa shape index (κ1) is 12.2. The Morgan fingerprint density at radius 3 is 2.14 bits per heavy atom. The van der Waals surface area contributed by atoms with Crippen LogP contribution in [0.1, 0.15) is 18.6 Å². The fourth-order valence-electron chi connectivity index (χ4n) is 0.800. The van der Waals surface area contributed by atoms with Crippen LogP contribution in [0.3, 0.4) is 0 Å². The second kappa shape index (κ2) is 5.82. The molecule has 1 atom stereocenters. The van der Waals surface area contributed by atoms with Gasteiger partial charge in [-0.25, -0.2) is 0 Å². The SMILES string of the molecule is CC(O)c1ccc(O)c(O)c1.O=CO. The molecule has 0 spiro atoms. The van der Waals surface area contributed by atoms with Gasteiger partial charge in [-0.05, 0) is 24.6 Å². The highest BCUT2D eigenvalue weighted by molar-refractivity contribution is 5.40. The van der Waals surface area contributed by atoms with Gasteiger partial charge < -0.3 is 20.4 Å². The van der Waals surface area contributed by atoms with Gasteiger partial charge in [0.15, 0.2) is 11.5 Å². The Bertz CT molecular complexity index is 295. The molecule has 1 aromatic carbocycles. The molecule has 0 bridgehead atoms. The van der Waals surface area contributed by atoms with E-state index in [9.17, 15) is 0 Å². The zero-order valence-corrected chi connectivity index (χ0v) is 7.58. The predicted molar refractivity (Wildman–Crippen MR) is 49.1 cm³/mol. The Balaban J connectivity index is 0.000000500. The minimum Gasteiger partial charge on any atom is -0.504 e. The van der Waals surface area contributed by atoms with Crippen LogP contribution >= 0.6 is 0 Å². The predicted octanol–water partition coefficient (Wildman–Crippen LogP) is 0.852. The normalized spacial score (nSPS) is 11.0. The number of phenols is 2. The summed E-state index contributed by atoms with van der Waals surface area (Å²) in [4.78, 5) is 8.36. The summed E-state index contributed by atoms with van der Waals surface area (Å²) in [7, 11) is 0. The Kier molecular flexibility index (Phi) is 5.09. The van der Waals surface area contributed by atoms with Crippen molar-refractivity contribution < 1.29 is 25.2 Å². The molecule has 0 aliphatic rings. The summed E-state index contributed by atoms with van der Waals surface area (Å²) in [6, 6.07) is 4.23. The molecule has 5 heteroatoms. The molecule has 0 aromatic heterocycles. The highest BCUT2D eigenvalue weighted by Gasteiger charge is 2.03. The van der Waals surface area contributed by atoms with Crippen LogP contribution in [0.15, 0.2) is 18.2 Å². The summed E-state index contributed by atoms with van der Waals surface area (Å²) in [6.07, 6.45) is -0.624. The van der Waals surface area contributed by atoms with Crippen molar-refractivity contribution >= 4 is 6.47 Å². The number of rotatable bonds is 1. The summed E-state index contributed by atoms with van der Waals surface area (Å²) in [5, 5.41) is 33.8. The summed E-state index contributed by atoms with van der Waals surface area (Å²) in [5.41, 5.74) is 0.584. The molecule has 1 rings (SSSR count). The topological polar surface area (TPSA) is 98.0 Å². The van der Waals surface area contributed by atoms with Gasteiger partial charge in [0.05, 0.1) is 6.10 Å². The Morgan fingerprint density at radius 2 is 1.79 bits per heavy atom. The van der Waals surface area contributed by atoms with Gasteiger partial charge in [-0.1, -0.05) is 6.07 Å². The summed E-state index contributed by atoms with van der Waals surface area (Å²) in [6.45, 7) is 1.34. The number of hydrogen-bond acceptors (Lipinski definition) is 4. The van der Waals surface area contributed by atoms with Crippen molar-refractivity contribution in [2.45, 2.75) is 13.0 Å². The van der Waals surface area contributed by atoms with Crippen LogP contribution in [0.5, 0.6) is 11.5 Å². The zero-order valence-electron chi connectivity index (χ0n) is 7.58. The molecule has 0 fully saturated rings. The van der Waals surface area contributed by atoms with Crippen LogP contribution in [0, 0.1) is 0 Å². The lowest BCUT2D eigenvalue weighted by Crippen LogP contribution is -1.89. The second-order valence-corrected chi connectivity index (χ2v) is 2.53. The van der Waals surface area contributed by atoms with E-state index in [4.69, 9.17) is 25.2 Å². The molecule has 0 amide bonds. The number of aromatic hydroxyl groups is 2. The van der Waals surface area contributed by atoms with Gasteiger partial charge >= 0.3 is 0 Å². The zero-order chi connectivity index (χ0) is 11.1. The molecular formula is C9H12O5. The van der Waals surface area contributed by atoms with Crippen LogP contribution in [0.4, 0.5) is 0 Å². The van der Waals surface area contributed by atoms with Crippen molar-refractivity contribution in [1.29, 1.82) is 0 Å². The standard InChI is InChI=1S/C8H10O3.CH2O2/c1-5(9)6-2-3-7(10)8(11)4-6;2-1-3/h2-5,9-11H,1H3;1H,(H,2,3). The van der Waals surface area contributed by atoms with E-state index >= 15 is 0 Å². The highest BCUT2D eigenvalue weighted by atomic mass is 16.3. The number of carbonyl (C=O) groups is 1.